The van der Waals surface area contributed by atoms with E-state index in [1.165, 1.54) is 0 Å². The molecule has 1 atom stereocenters. The van der Waals surface area contributed by atoms with Crippen LogP contribution in [-0.4, -0.2) is 56.9 Å². The minimum absolute atomic E-state index is 0.00202. The molecule has 0 radical (unpaired) electrons. The number of anilines is 2. The van der Waals surface area contributed by atoms with Gasteiger partial charge in [0.15, 0.2) is 0 Å². The van der Waals surface area contributed by atoms with E-state index < -0.39 is 11.9 Å². The maximum Gasteiger partial charge on any atom is 0.433 e. The van der Waals surface area contributed by atoms with Crippen molar-refractivity contribution in [1.29, 1.82) is 0 Å². The lowest BCUT2D eigenvalue weighted by Gasteiger charge is -2.33. The van der Waals surface area contributed by atoms with Gasteiger partial charge in [0.1, 0.15) is 29.5 Å². The van der Waals surface area contributed by atoms with E-state index in [9.17, 15) is 18.0 Å². The Bertz CT molecular complexity index is 1020. The van der Waals surface area contributed by atoms with Gasteiger partial charge in [-0.2, -0.15) is 13.2 Å². The Morgan fingerprint density at radius 2 is 1.90 bits per heavy atom. The summed E-state index contributed by atoms with van der Waals surface area (Å²) in [7, 11) is 0. The summed E-state index contributed by atoms with van der Waals surface area (Å²) in [6.07, 6.45) is -1.90. The fraction of sp³-hybridized carbons (Fsp3) is 0.550. The molecule has 5 rings (SSSR count). The van der Waals surface area contributed by atoms with Crippen LogP contribution >= 0.6 is 0 Å². The van der Waals surface area contributed by atoms with E-state index in [1.54, 1.807) is 9.80 Å². The third kappa shape index (κ3) is 3.66. The zero-order chi connectivity index (χ0) is 21.8. The maximum atomic E-state index is 13.2. The molecule has 8 nitrogen and oxygen atoms in total. The highest BCUT2D eigenvalue weighted by Gasteiger charge is 2.38. The van der Waals surface area contributed by atoms with Crippen LogP contribution in [0.5, 0.6) is 0 Å². The number of carbonyl (C=O) groups excluding carboxylic acids is 1. The van der Waals surface area contributed by atoms with Crippen LogP contribution < -0.4 is 9.80 Å². The van der Waals surface area contributed by atoms with Gasteiger partial charge in [-0.1, -0.05) is 0 Å². The Morgan fingerprint density at radius 3 is 2.61 bits per heavy atom. The van der Waals surface area contributed by atoms with Crippen molar-refractivity contribution in [2.75, 3.05) is 36.0 Å². The second-order valence-electron chi connectivity index (χ2n) is 8.25. The summed E-state index contributed by atoms with van der Waals surface area (Å²) in [6, 6.07) is 0.941. The average Bonchev–Trinajstić information content (AvgIpc) is 3.33. The van der Waals surface area contributed by atoms with E-state index in [2.05, 4.69) is 24.8 Å². The first-order chi connectivity index (χ1) is 14.8. The Balaban J connectivity index is 1.29. The third-order valence-electron chi connectivity index (χ3n) is 6.14. The largest absolute Gasteiger partial charge is 0.433 e. The van der Waals surface area contributed by atoms with Crippen molar-refractivity contribution in [2.45, 2.75) is 39.0 Å². The van der Waals surface area contributed by atoms with Gasteiger partial charge in [-0.25, -0.2) is 19.9 Å². The zero-order valence-electron chi connectivity index (χ0n) is 17.1. The number of halogens is 3. The molecule has 2 fully saturated rings. The minimum atomic E-state index is -4.53. The minimum Gasteiger partial charge on any atom is -0.356 e. The van der Waals surface area contributed by atoms with Crippen LogP contribution in [-0.2, 0) is 24.1 Å². The molecule has 164 valence electrons. The maximum absolute atomic E-state index is 13.2. The molecule has 0 saturated carbocycles. The van der Waals surface area contributed by atoms with Gasteiger partial charge in [0.2, 0.25) is 5.91 Å². The number of nitrogens with zero attached hydrogens (tertiary/aromatic N) is 7. The first-order valence-corrected chi connectivity index (χ1v) is 10.3. The second kappa shape index (κ2) is 7.31. The van der Waals surface area contributed by atoms with Crippen molar-refractivity contribution in [2.24, 2.45) is 5.92 Å². The molecule has 2 aromatic rings. The topological polar surface area (TPSA) is 78.4 Å². The lowest BCUT2D eigenvalue weighted by Crippen LogP contribution is -2.39. The molecule has 31 heavy (non-hydrogen) atoms. The summed E-state index contributed by atoms with van der Waals surface area (Å²) < 4.78 is 38.9. The normalized spacial score (nSPS) is 20.8. The summed E-state index contributed by atoms with van der Waals surface area (Å²) in [5.74, 6) is 1.53. The molecule has 3 aliphatic heterocycles. The van der Waals surface area contributed by atoms with Crippen molar-refractivity contribution in [3.63, 3.8) is 0 Å². The summed E-state index contributed by atoms with van der Waals surface area (Å²) in [5.41, 5.74) is 0.928. The molecule has 0 unspecified atom stereocenters. The molecule has 0 aliphatic carbocycles. The van der Waals surface area contributed by atoms with E-state index >= 15 is 0 Å². The molecule has 1 amide bonds. The Labute approximate surface area is 177 Å². The van der Waals surface area contributed by atoms with Gasteiger partial charge in [0, 0.05) is 37.8 Å². The van der Waals surface area contributed by atoms with E-state index in [4.69, 9.17) is 0 Å². The van der Waals surface area contributed by atoms with Crippen LogP contribution in [0.4, 0.5) is 24.8 Å². The van der Waals surface area contributed by atoms with Crippen LogP contribution in [0.2, 0.25) is 0 Å². The predicted octanol–water partition coefficient (Wildman–Crippen LogP) is 2.17. The standard InChI is InChI=1S/C20H22F3N7O/c1-12-26-15-10-30(9-14(15)18(27-12)28-4-2-5-28)19(31)13-3-6-29(8-13)17-7-16(20(21,22)23)24-11-25-17/h7,11,13H,2-6,8-10H2,1H3/t13-/m1/s1. The number of amides is 1. The van der Waals surface area contributed by atoms with Gasteiger partial charge >= 0.3 is 6.18 Å². The molecule has 2 saturated heterocycles. The molecule has 0 aromatic carbocycles. The lowest BCUT2D eigenvalue weighted by atomic mass is 10.1. The van der Waals surface area contributed by atoms with Crippen LogP contribution in [0.1, 0.15) is 35.6 Å². The van der Waals surface area contributed by atoms with Crippen LogP contribution in [0.25, 0.3) is 0 Å². The van der Waals surface area contributed by atoms with Crippen molar-refractivity contribution >= 4 is 17.5 Å². The van der Waals surface area contributed by atoms with E-state index in [1.807, 2.05) is 6.92 Å². The van der Waals surface area contributed by atoms with Crippen LogP contribution in [0.15, 0.2) is 12.4 Å². The monoisotopic (exact) mass is 433 g/mol. The molecule has 11 heteroatoms. The number of aryl methyl sites for hydroxylation is 1. The van der Waals surface area contributed by atoms with Gasteiger partial charge in [0.25, 0.3) is 0 Å². The fourth-order valence-electron chi connectivity index (χ4n) is 4.41. The lowest BCUT2D eigenvalue weighted by molar-refractivity contribution is -0.141. The highest BCUT2D eigenvalue weighted by molar-refractivity contribution is 5.81. The predicted molar refractivity (Wildman–Crippen MR) is 105 cm³/mol. The molecule has 2 aromatic heterocycles. The first-order valence-electron chi connectivity index (χ1n) is 10.3. The number of aromatic nitrogens is 4. The number of hydrogen-bond donors (Lipinski definition) is 0. The summed E-state index contributed by atoms with van der Waals surface area (Å²) >= 11 is 0. The Hall–Kier alpha value is -2.98. The van der Waals surface area contributed by atoms with Gasteiger partial charge < -0.3 is 14.7 Å². The molecular formula is C20H22F3N7O. The average molecular weight is 433 g/mol. The van der Waals surface area contributed by atoms with E-state index in [0.29, 0.717) is 38.4 Å². The highest BCUT2D eigenvalue weighted by atomic mass is 19.4. The van der Waals surface area contributed by atoms with Gasteiger partial charge in [-0.05, 0) is 19.8 Å². The SMILES string of the molecule is Cc1nc2c(c(N3CCC3)n1)CN(C(=O)[C@@H]1CCN(c3cc(C(F)(F)F)ncn3)C1)C2. The molecule has 0 bridgehead atoms. The first kappa shape index (κ1) is 20.0. The van der Waals surface area contributed by atoms with Crippen molar-refractivity contribution in [3.05, 3.63) is 35.2 Å². The number of hydrogen-bond acceptors (Lipinski definition) is 7. The Morgan fingerprint density at radius 1 is 1.10 bits per heavy atom. The Kier molecular flexibility index (Phi) is 4.71. The number of fused-ring (bicyclic) bond motifs is 1. The quantitative estimate of drug-likeness (QED) is 0.734. The molecular weight excluding hydrogens is 411 g/mol. The summed E-state index contributed by atoms with van der Waals surface area (Å²) in [6.45, 7) is 5.52. The summed E-state index contributed by atoms with van der Waals surface area (Å²) in [4.78, 5) is 35.4. The van der Waals surface area contributed by atoms with E-state index in [-0.39, 0.29) is 17.6 Å². The van der Waals surface area contributed by atoms with Crippen LogP contribution in [0.3, 0.4) is 0 Å². The molecule has 0 N–H and O–H groups in total. The molecule has 5 heterocycles. The third-order valence-corrected chi connectivity index (χ3v) is 6.14. The highest BCUT2D eigenvalue weighted by Crippen LogP contribution is 2.34. The number of alkyl halides is 3. The van der Waals surface area contributed by atoms with Gasteiger partial charge in [-0.3, -0.25) is 4.79 Å². The summed E-state index contributed by atoms with van der Waals surface area (Å²) in [5, 5.41) is 0. The van der Waals surface area contributed by atoms with Crippen LogP contribution in [0, 0.1) is 12.8 Å². The van der Waals surface area contributed by atoms with Gasteiger partial charge in [0.05, 0.1) is 24.7 Å². The van der Waals surface area contributed by atoms with Gasteiger partial charge in [-0.15, -0.1) is 0 Å². The molecule has 0 spiro atoms. The van der Waals surface area contributed by atoms with Crippen molar-refractivity contribution < 1.29 is 18.0 Å². The van der Waals surface area contributed by atoms with E-state index in [0.717, 1.165) is 49.0 Å². The smallest absolute Gasteiger partial charge is 0.356 e. The van der Waals surface area contributed by atoms with Crippen molar-refractivity contribution in [1.82, 2.24) is 24.8 Å². The second-order valence-corrected chi connectivity index (χ2v) is 8.25. The molecule has 3 aliphatic rings. The zero-order valence-corrected chi connectivity index (χ0v) is 17.1. The fourth-order valence-corrected chi connectivity index (χ4v) is 4.41. The van der Waals surface area contributed by atoms with Crippen molar-refractivity contribution in [3.8, 4) is 0 Å². The number of carbonyl (C=O) groups is 1. The number of rotatable bonds is 3.